The third kappa shape index (κ3) is 39.8. The van der Waals surface area contributed by atoms with Crippen molar-refractivity contribution in [3.8, 4) is 5.75 Å². The normalized spacial score (nSPS) is 10.5. The van der Waals surface area contributed by atoms with E-state index in [0.717, 1.165) is 105 Å². The van der Waals surface area contributed by atoms with Crippen molar-refractivity contribution in [1.82, 2.24) is 98.0 Å². The van der Waals surface area contributed by atoms with E-state index in [0.29, 0.717) is 12.8 Å². The highest BCUT2D eigenvalue weighted by molar-refractivity contribution is 5.97. The summed E-state index contributed by atoms with van der Waals surface area (Å²) in [5, 5.41) is 14.2. The fourth-order valence-corrected chi connectivity index (χ4v) is 10.2. The first-order valence-electron chi connectivity index (χ1n) is 38.4. The van der Waals surface area contributed by atoms with Crippen molar-refractivity contribution in [3.63, 3.8) is 0 Å². The van der Waals surface area contributed by atoms with Crippen LogP contribution in [0.15, 0.2) is 29.4 Å². The van der Waals surface area contributed by atoms with Crippen LogP contribution >= 0.6 is 0 Å². The molecule has 0 heterocycles. The summed E-state index contributed by atoms with van der Waals surface area (Å²) in [5.74, 6) is -14.3. The summed E-state index contributed by atoms with van der Waals surface area (Å²) in [7, 11) is 25.8. The second kappa shape index (κ2) is 53.3. The number of benzene rings is 1. The van der Waals surface area contributed by atoms with Gasteiger partial charge in [-0.2, -0.15) is 0 Å². The van der Waals surface area contributed by atoms with Gasteiger partial charge >= 0.3 is 5.97 Å². The Balaban J connectivity index is 2.55. The Hall–Kier alpha value is -13.5. The number of nitro benzene ring substituents is 1. The van der Waals surface area contributed by atoms with Crippen LogP contribution in [0, 0.1) is 10.1 Å². The molecule has 20 amide bonds. The molecular formula is C75H118N24O25. The predicted molar refractivity (Wildman–Crippen MR) is 438 cm³/mol. The van der Waals surface area contributed by atoms with E-state index in [1.807, 2.05) is 0 Å². The first-order chi connectivity index (χ1) is 57.6. The minimum Gasteiger partial charge on any atom is -0.427 e. The number of carbonyl (C=O) groups is 22. The Bertz CT molecular complexity index is 4120. The zero-order chi connectivity index (χ0) is 95.0. The fraction of sp³-hybridized carbons (Fsp3) is 0.627. The summed E-state index contributed by atoms with van der Waals surface area (Å²) < 4.78 is 5.12. The molecule has 0 aliphatic carbocycles. The second-order valence-electron chi connectivity index (χ2n) is 30.0. The van der Waals surface area contributed by atoms with Crippen molar-refractivity contribution in [2.24, 2.45) is 5.11 Å². The van der Waals surface area contributed by atoms with Crippen LogP contribution in [0.1, 0.15) is 38.5 Å². The van der Waals surface area contributed by atoms with Crippen molar-refractivity contribution in [3.05, 3.63) is 44.8 Å². The zero-order valence-electron chi connectivity index (χ0n) is 74.3. The van der Waals surface area contributed by atoms with Gasteiger partial charge in [0.05, 0.1) is 136 Å². The summed E-state index contributed by atoms with van der Waals surface area (Å²) in [6.07, 6.45) is 0.913. The van der Waals surface area contributed by atoms with Gasteiger partial charge in [0.25, 0.3) is 5.69 Å². The van der Waals surface area contributed by atoms with Crippen LogP contribution in [-0.2, 0) is 105 Å². The first-order valence-corrected chi connectivity index (χ1v) is 38.4. The van der Waals surface area contributed by atoms with Gasteiger partial charge in [-0.15, -0.1) is 0 Å². The van der Waals surface area contributed by atoms with Crippen LogP contribution in [0.3, 0.4) is 0 Å². The molecule has 688 valence electrons. The number of nitrogens with zero attached hydrogens (tertiary/aromatic N) is 24. The highest BCUT2D eigenvalue weighted by Crippen LogP contribution is 2.19. The van der Waals surface area contributed by atoms with Crippen LogP contribution < -0.4 is 4.74 Å². The zero-order valence-corrected chi connectivity index (χ0v) is 74.3. The monoisotopic (exact) mass is 1750 g/mol. The smallest absolute Gasteiger partial charge is 0.311 e. The Morgan fingerprint density at radius 2 is 0.444 bits per heavy atom. The van der Waals surface area contributed by atoms with Crippen LogP contribution in [0.5, 0.6) is 5.75 Å². The van der Waals surface area contributed by atoms with E-state index in [4.69, 9.17) is 10.3 Å². The topological polar surface area (TPSA) is 541 Å². The highest BCUT2D eigenvalue weighted by atomic mass is 16.6. The van der Waals surface area contributed by atoms with E-state index < -0.39 is 247 Å². The first kappa shape index (κ1) is 108. The number of esters is 1. The maximum Gasteiger partial charge on any atom is 0.311 e. The van der Waals surface area contributed by atoms with E-state index in [1.54, 1.807) is 0 Å². The standard InChI is InChI=1S/C75H118N24O25/c1-79(32-53(100)24-21-22-31-77-78-76)56(102)34-81(3)58(104)36-83(5)60(106)38-85(7)62(108)40-87(9)64(110)42-89(11)66(112)44-91(13)68(114)46-93(15)70(116)48-95(17)72(118)50-97(19)74(120)51-98(20)73(119)49-96(18)71(117)47-94(16)69(115)45-92(14)67(113)43-90(12)65(111)41-88(10)63(109)39-86(8)61(107)37-84(6)59(105)35-82(4)57(103)33-80(2)55(101)25-23-26-75(121)124-54-29-27-52(28-30-54)99(122)123/h27-30H,21-26,31-51H2,1-20H3. The number of azide groups is 1. The molecule has 0 unspecified atom stereocenters. The lowest BCUT2D eigenvalue weighted by Gasteiger charge is -2.28. The molecule has 0 aliphatic heterocycles. The molecule has 0 saturated heterocycles. The predicted octanol–water partition coefficient (Wildman–Crippen LogP) is -7.11. The van der Waals surface area contributed by atoms with Gasteiger partial charge < -0.3 is 103 Å². The van der Waals surface area contributed by atoms with E-state index in [9.17, 15) is 116 Å². The van der Waals surface area contributed by atoms with Gasteiger partial charge in [0.15, 0.2) is 5.78 Å². The summed E-state index contributed by atoms with van der Waals surface area (Å²) in [5.41, 5.74) is 8.17. The number of ether oxygens (including phenoxy) is 1. The van der Waals surface area contributed by atoms with Gasteiger partial charge in [-0.05, 0) is 36.9 Å². The van der Waals surface area contributed by atoms with Gasteiger partial charge in [0, 0.05) is 184 Å². The number of hydrogen-bond acceptors (Lipinski definition) is 26. The molecule has 49 heteroatoms. The molecule has 1 aromatic rings. The van der Waals surface area contributed by atoms with Crippen LogP contribution in [0.4, 0.5) is 5.69 Å². The van der Waals surface area contributed by atoms with E-state index >= 15 is 0 Å². The summed E-state index contributed by atoms with van der Waals surface area (Å²) >= 11 is 0. The van der Waals surface area contributed by atoms with Gasteiger partial charge in [-0.3, -0.25) is 116 Å². The molecule has 1 rings (SSSR count). The molecule has 0 aliphatic rings. The van der Waals surface area contributed by atoms with E-state index in [1.165, 1.54) is 158 Å². The fourth-order valence-electron chi connectivity index (χ4n) is 10.2. The van der Waals surface area contributed by atoms with Gasteiger partial charge in [0.2, 0.25) is 118 Å². The Kier molecular flexibility index (Phi) is 46.6. The number of non-ortho nitro benzene ring substituents is 1. The van der Waals surface area contributed by atoms with Crippen LogP contribution in [0.2, 0.25) is 0 Å². The number of hydrogen-bond donors (Lipinski definition) is 0. The Labute approximate surface area is 718 Å². The number of carbonyl (C=O) groups excluding carboxylic acids is 22. The van der Waals surface area contributed by atoms with E-state index in [-0.39, 0.29) is 62.5 Å². The number of nitro groups is 1. The summed E-state index contributed by atoms with van der Waals surface area (Å²) in [4.78, 5) is 319. The molecule has 1 aromatic carbocycles. The van der Waals surface area contributed by atoms with Gasteiger partial charge in [-0.25, -0.2) is 0 Å². The maximum absolute atomic E-state index is 13.2. The van der Waals surface area contributed by atoms with Crippen molar-refractivity contribution in [1.29, 1.82) is 0 Å². The lowest BCUT2D eigenvalue weighted by molar-refractivity contribution is -0.384. The number of likely N-dealkylation sites (N-methyl/N-ethyl adjacent to an activating group) is 20. The van der Waals surface area contributed by atoms with Crippen LogP contribution in [-0.4, -0.2) is 511 Å². The lowest BCUT2D eigenvalue weighted by Crippen LogP contribution is -2.50. The van der Waals surface area contributed by atoms with E-state index in [2.05, 4.69) is 10.0 Å². The average molecular weight is 1760 g/mol. The summed E-state index contributed by atoms with van der Waals surface area (Å²) in [6.45, 7) is -9.86. The molecule has 0 radical (unpaired) electrons. The molecule has 124 heavy (non-hydrogen) atoms. The SMILES string of the molecule is CN(CC(=O)CCCCN=[N+]=[N-])C(=O)CN(C)C(=O)CN(C)C(=O)CN(C)C(=O)CN(C)C(=O)CN(C)C(=O)CN(C)C(=O)CN(C)C(=O)CN(C)C(=O)CN(C)C(=O)CN(C)C(=O)CN(C)C(=O)CN(C)C(=O)CN(C)C(=O)CN(C)C(=O)CN(C)C(=O)CN(C)C(=O)CN(C)C(=O)CN(C)C(=O)CN(C)C(=O)CCCC(=O)Oc1ccc([N+](=O)[O-])cc1. The van der Waals surface area contributed by atoms with Gasteiger partial charge in [0.1, 0.15) is 5.75 Å². The van der Waals surface area contributed by atoms with Crippen molar-refractivity contribution in [2.45, 2.75) is 38.5 Å². The third-order valence-electron chi connectivity index (χ3n) is 19.1. The molecule has 0 N–H and O–H groups in total. The number of unbranched alkanes of at least 4 members (excludes halogenated alkanes) is 1. The largest absolute Gasteiger partial charge is 0.427 e. The Morgan fingerprint density at radius 1 is 0.266 bits per heavy atom. The second-order valence-corrected chi connectivity index (χ2v) is 30.0. The van der Waals surface area contributed by atoms with Gasteiger partial charge in [-0.1, -0.05) is 5.11 Å². The quantitative estimate of drug-likeness (QED) is 0.00855. The molecule has 0 saturated carbocycles. The molecule has 0 spiro atoms. The summed E-state index contributed by atoms with van der Waals surface area (Å²) in [6, 6.07) is 4.84. The molecular weight excluding hydrogens is 1640 g/mol. The number of rotatable bonds is 51. The number of Topliss-reactive ketones (excluding diaryl/α,β-unsaturated/α-hetero) is 1. The molecule has 0 aromatic heterocycles. The highest BCUT2D eigenvalue weighted by Gasteiger charge is 2.32. The molecule has 0 bridgehead atoms. The molecule has 0 atom stereocenters. The van der Waals surface area contributed by atoms with Crippen LogP contribution in [0.25, 0.3) is 10.4 Å². The number of ketones is 1. The molecule has 49 nitrogen and oxygen atoms in total. The minimum absolute atomic E-state index is 0.0656. The molecule has 0 fully saturated rings. The average Bonchev–Trinajstić information content (AvgIpc) is 0.879. The lowest BCUT2D eigenvalue weighted by atomic mass is 10.1. The van der Waals surface area contributed by atoms with Crippen molar-refractivity contribution >= 4 is 136 Å². The Morgan fingerprint density at radius 3 is 0.621 bits per heavy atom. The minimum atomic E-state index is -0.721. The maximum atomic E-state index is 13.2. The van der Waals surface area contributed by atoms with Crippen molar-refractivity contribution < 1.29 is 115 Å². The number of amides is 20. The van der Waals surface area contributed by atoms with Crippen molar-refractivity contribution in [2.75, 3.05) is 278 Å². The third-order valence-corrected chi connectivity index (χ3v) is 19.1.